The molecule has 2 heterocycles. The van der Waals surface area contributed by atoms with Crippen LogP contribution in [0.1, 0.15) is 19.8 Å². The van der Waals surface area contributed by atoms with E-state index in [9.17, 15) is 8.42 Å². The van der Waals surface area contributed by atoms with Gasteiger partial charge in [-0.05, 0) is 36.8 Å². The number of para-hydroxylation sites is 1. The van der Waals surface area contributed by atoms with Gasteiger partial charge in [0.15, 0.2) is 0 Å². The number of fused-ring (bicyclic) bond motifs is 1. The van der Waals surface area contributed by atoms with Gasteiger partial charge in [0.05, 0.1) is 15.1 Å². The maximum Gasteiger partial charge on any atom is 0.248 e. The van der Waals surface area contributed by atoms with Crippen LogP contribution in [0.25, 0.3) is 15.3 Å². The van der Waals surface area contributed by atoms with E-state index in [1.807, 2.05) is 31.2 Å². The largest absolute Gasteiger partial charge is 0.368 e. The first-order chi connectivity index (χ1) is 14.5. The van der Waals surface area contributed by atoms with E-state index >= 15 is 0 Å². The third-order valence-electron chi connectivity index (χ3n) is 4.32. The Morgan fingerprint density at radius 2 is 1.97 bits per heavy atom. The van der Waals surface area contributed by atoms with Gasteiger partial charge in [-0.3, -0.25) is 0 Å². The molecule has 0 amide bonds. The van der Waals surface area contributed by atoms with Crippen molar-refractivity contribution in [1.29, 1.82) is 0 Å². The third-order valence-corrected chi connectivity index (χ3v) is 6.79. The van der Waals surface area contributed by atoms with Gasteiger partial charge >= 0.3 is 0 Å². The number of unbranched alkanes of at least 4 members (excludes halogenated alkanes) is 1. The van der Waals surface area contributed by atoms with E-state index < -0.39 is 10.0 Å². The summed E-state index contributed by atoms with van der Waals surface area (Å²) in [5.41, 5.74) is 7.42. The van der Waals surface area contributed by atoms with Crippen molar-refractivity contribution in [2.45, 2.75) is 24.7 Å². The predicted molar refractivity (Wildman–Crippen MR) is 119 cm³/mol. The highest BCUT2D eigenvalue weighted by molar-refractivity contribution is 7.89. The molecule has 4 aromatic rings. The molecule has 0 bridgehead atoms. The van der Waals surface area contributed by atoms with Gasteiger partial charge in [-0.2, -0.15) is 9.67 Å². The number of hydrogen-bond acceptors (Lipinski definition) is 8. The minimum atomic E-state index is -3.58. The Kier molecular flexibility index (Phi) is 5.66. The maximum absolute atomic E-state index is 12.4. The number of aromatic nitrogens is 4. The Morgan fingerprint density at radius 1 is 1.13 bits per heavy atom. The van der Waals surface area contributed by atoms with Crippen LogP contribution in [-0.4, -0.2) is 34.7 Å². The van der Waals surface area contributed by atoms with Crippen LogP contribution >= 0.6 is 11.3 Å². The van der Waals surface area contributed by atoms with Crippen LogP contribution in [0, 0.1) is 0 Å². The van der Waals surface area contributed by atoms with Crippen LogP contribution in [0.4, 0.5) is 17.6 Å². The number of rotatable bonds is 8. The van der Waals surface area contributed by atoms with Crippen molar-refractivity contribution < 1.29 is 8.42 Å². The Morgan fingerprint density at radius 3 is 2.77 bits per heavy atom. The van der Waals surface area contributed by atoms with Crippen molar-refractivity contribution in [3.63, 3.8) is 0 Å². The predicted octanol–water partition coefficient (Wildman–Crippen LogP) is 3.28. The Balaban J connectivity index is 1.56. The molecular formula is C19H21N7O2S2. The monoisotopic (exact) mass is 443 g/mol. The van der Waals surface area contributed by atoms with Crippen molar-refractivity contribution in [2.24, 2.45) is 0 Å². The number of thiazole rings is 1. The summed E-state index contributed by atoms with van der Waals surface area (Å²) in [5, 5.41) is 7.99. The highest BCUT2D eigenvalue weighted by Gasteiger charge is 2.16. The number of hydrogen-bond donors (Lipinski definition) is 3. The molecule has 9 nitrogen and oxygen atoms in total. The molecule has 2 aromatic heterocycles. The highest BCUT2D eigenvalue weighted by Crippen LogP contribution is 2.26. The average molecular weight is 444 g/mol. The van der Waals surface area contributed by atoms with Crippen LogP contribution in [0.15, 0.2) is 53.4 Å². The van der Waals surface area contributed by atoms with E-state index in [1.165, 1.54) is 22.1 Å². The fourth-order valence-electron chi connectivity index (χ4n) is 2.81. The lowest BCUT2D eigenvalue weighted by molar-refractivity contribution is 0.578. The molecule has 0 radical (unpaired) electrons. The summed E-state index contributed by atoms with van der Waals surface area (Å²) < 4.78 is 30.0. The van der Waals surface area contributed by atoms with Gasteiger partial charge in [0.25, 0.3) is 0 Å². The topological polar surface area (TPSA) is 128 Å². The van der Waals surface area contributed by atoms with Gasteiger partial charge in [0, 0.05) is 12.2 Å². The normalized spacial score (nSPS) is 11.8. The van der Waals surface area contributed by atoms with E-state index in [4.69, 9.17) is 5.73 Å². The lowest BCUT2D eigenvalue weighted by Gasteiger charge is -2.08. The number of nitrogens with one attached hydrogen (secondary N) is 2. The zero-order valence-corrected chi connectivity index (χ0v) is 17.9. The second kappa shape index (κ2) is 8.38. The molecule has 156 valence electrons. The molecule has 11 heteroatoms. The third kappa shape index (κ3) is 4.27. The first-order valence-electron chi connectivity index (χ1n) is 9.41. The van der Waals surface area contributed by atoms with Gasteiger partial charge in [-0.25, -0.2) is 18.1 Å². The van der Waals surface area contributed by atoms with Gasteiger partial charge in [0.1, 0.15) is 0 Å². The summed E-state index contributed by atoms with van der Waals surface area (Å²) >= 11 is 1.45. The van der Waals surface area contributed by atoms with Crippen LogP contribution in [0.3, 0.4) is 0 Å². The summed E-state index contributed by atoms with van der Waals surface area (Å²) in [5.74, 6) is 0.432. The number of nitrogens with zero attached hydrogens (tertiary/aromatic N) is 4. The molecule has 0 unspecified atom stereocenters. The van der Waals surface area contributed by atoms with Crippen molar-refractivity contribution in [2.75, 3.05) is 17.6 Å². The van der Waals surface area contributed by atoms with Crippen molar-refractivity contribution in [1.82, 2.24) is 24.5 Å². The van der Waals surface area contributed by atoms with E-state index in [-0.39, 0.29) is 16.8 Å². The van der Waals surface area contributed by atoms with Gasteiger partial charge in [-0.1, -0.05) is 42.9 Å². The first-order valence-corrected chi connectivity index (χ1v) is 11.7. The van der Waals surface area contributed by atoms with Gasteiger partial charge in [-0.15, -0.1) is 5.10 Å². The number of anilines is 3. The molecule has 30 heavy (non-hydrogen) atoms. The van der Waals surface area contributed by atoms with Crippen molar-refractivity contribution in [3.05, 3.63) is 48.5 Å². The Hall–Kier alpha value is -3.02. The fraction of sp³-hybridized carbons (Fsp3) is 0.211. The van der Waals surface area contributed by atoms with Crippen LogP contribution in [-0.2, 0) is 10.0 Å². The van der Waals surface area contributed by atoms with E-state index in [1.54, 1.807) is 18.2 Å². The second-order valence-corrected chi connectivity index (χ2v) is 9.35. The molecule has 0 fully saturated rings. The number of nitrogen functional groups attached to an aromatic ring is 1. The second-order valence-electron chi connectivity index (χ2n) is 6.57. The van der Waals surface area contributed by atoms with E-state index in [2.05, 4.69) is 25.1 Å². The van der Waals surface area contributed by atoms with Gasteiger partial charge in [0.2, 0.25) is 27.1 Å². The molecule has 4 N–H and O–H groups in total. The van der Waals surface area contributed by atoms with E-state index in [0.717, 1.165) is 23.1 Å². The molecule has 0 aliphatic heterocycles. The summed E-state index contributed by atoms with van der Waals surface area (Å²) in [4.78, 5) is 8.92. The van der Waals surface area contributed by atoms with Crippen molar-refractivity contribution >= 4 is 49.2 Å². The van der Waals surface area contributed by atoms with Crippen LogP contribution in [0.2, 0.25) is 0 Å². The van der Waals surface area contributed by atoms with Gasteiger partial charge < -0.3 is 11.1 Å². The number of sulfonamides is 1. The summed E-state index contributed by atoms with van der Waals surface area (Å²) in [6.07, 6.45) is 1.69. The fourth-order valence-corrected chi connectivity index (χ4v) is 4.85. The lowest BCUT2D eigenvalue weighted by Crippen LogP contribution is -2.24. The molecule has 0 atom stereocenters. The number of nitrogens with two attached hydrogens (primary N) is 1. The average Bonchev–Trinajstić information content (AvgIpc) is 3.31. The summed E-state index contributed by atoms with van der Waals surface area (Å²) in [6, 6.07) is 14.2. The molecule has 0 aliphatic rings. The van der Waals surface area contributed by atoms with E-state index in [0.29, 0.717) is 17.4 Å². The molecule has 0 saturated heterocycles. The molecule has 0 spiro atoms. The molecule has 4 rings (SSSR count). The summed E-state index contributed by atoms with van der Waals surface area (Å²) in [6.45, 7) is 2.41. The lowest BCUT2D eigenvalue weighted by atomic mass is 10.3. The van der Waals surface area contributed by atoms with Crippen LogP contribution in [0.5, 0.6) is 0 Å². The van der Waals surface area contributed by atoms with Crippen LogP contribution < -0.4 is 15.8 Å². The molecular weight excluding hydrogens is 422 g/mol. The molecule has 2 aromatic carbocycles. The van der Waals surface area contributed by atoms with Crippen molar-refractivity contribution in [3.8, 4) is 5.13 Å². The minimum Gasteiger partial charge on any atom is -0.368 e. The SMILES string of the molecule is CCCCNS(=O)(=O)c1cccc(Nc2nc(N)n(-c3nc4ccccc4s3)n2)c1. The zero-order valence-electron chi connectivity index (χ0n) is 16.2. The number of benzene rings is 2. The maximum atomic E-state index is 12.4. The zero-order chi connectivity index (χ0) is 21.1. The Bertz CT molecular complexity index is 1250. The first kappa shape index (κ1) is 20.3. The summed E-state index contributed by atoms with van der Waals surface area (Å²) in [7, 11) is -3.58. The molecule has 0 aliphatic carbocycles. The minimum absolute atomic E-state index is 0.169. The smallest absolute Gasteiger partial charge is 0.248 e. The molecule has 0 saturated carbocycles. The standard InChI is InChI=1S/C19H21N7O2S2/c1-2-3-11-21-30(27,28)14-8-6-7-13(12-14)22-18-24-17(20)26(25-18)19-23-15-9-4-5-10-16(15)29-19/h4-10,12,21H,2-3,11H2,1H3,(H3,20,22,24,25). The quantitative estimate of drug-likeness (QED) is 0.357. The highest BCUT2D eigenvalue weighted by atomic mass is 32.2. The Labute approximate surface area is 178 Å².